The third-order valence-electron chi connectivity index (χ3n) is 2.61. The molecule has 0 fully saturated rings. The molecule has 0 aliphatic rings. The first-order valence-corrected chi connectivity index (χ1v) is 6.59. The molecule has 0 N–H and O–H groups in total. The van der Waals surface area contributed by atoms with E-state index in [0.29, 0.717) is 23.1 Å². The van der Waals surface area contributed by atoms with Crippen LogP contribution in [0.15, 0.2) is 35.5 Å². The van der Waals surface area contributed by atoms with Gasteiger partial charge in [0.1, 0.15) is 5.75 Å². The molecule has 118 valence electrons. The molecule has 2 rings (SSSR count). The number of aromatic nitrogens is 2. The average molecular weight is 313 g/mol. The van der Waals surface area contributed by atoms with Crippen LogP contribution >= 0.6 is 0 Å². The van der Waals surface area contributed by atoms with Crippen LogP contribution in [0.3, 0.4) is 0 Å². The maximum absolute atomic E-state index is 5.68. The first kappa shape index (κ1) is 16.1. The molecule has 0 unspecified atom stereocenters. The molecule has 0 aliphatic heterocycles. The Bertz CT molecular complexity index is 703. The van der Waals surface area contributed by atoms with Crippen LogP contribution in [0.1, 0.15) is 5.56 Å². The van der Waals surface area contributed by atoms with Gasteiger partial charge in [-0.2, -0.15) is 9.97 Å². The standard InChI is InChI=1S/C16H15N3O4/c1-4-9-22-17-11-12-7-5-6-8-13(12)23-16-18-14(20-2)10-15(19-16)21-3/h1,5-8,10-11H,9H2,2-3H3/b17-11+. The van der Waals surface area contributed by atoms with Crippen LogP contribution in [0, 0.1) is 12.3 Å². The normalized spacial score (nSPS) is 10.1. The monoisotopic (exact) mass is 313 g/mol. The number of nitrogens with zero attached hydrogens (tertiary/aromatic N) is 3. The van der Waals surface area contributed by atoms with Crippen molar-refractivity contribution in [3.05, 3.63) is 35.9 Å². The van der Waals surface area contributed by atoms with E-state index in [1.54, 1.807) is 18.2 Å². The maximum atomic E-state index is 5.68. The van der Waals surface area contributed by atoms with Crippen LogP contribution in [-0.4, -0.2) is 37.0 Å². The van der Waals surface area contributed by atoms with Crippen molar-refractivity contribution in [2.24, 2.45) is 5.16 Å². The van der Waals surface area contributed by atoms with Gasteiger partial charge in [0.15, 0.2) is 6.61 Å². The molecule has 2 aromatic rings. The van der Waals surface area contributed by atoms with Crippen molar-refractivity contribution in [2.75, 3.05) is 20.8 Å². The number of benzene rings is 1. The Balaban J connectivity index is 2.23. The highest BCUT2D eigenvalue weighted by atomic mass is 16.6. The van der Waals surface area contributed by atoms with Gasteiger partial charge in [-0.1, -0.05) is 23.2 Å². The summed E-state index contributed by atoms with van der Waals surface area (Å²) in [6, 6.07) is 8.84. The Morgan fingerprint density at radius 2 is 1.87 bits per heavy atom. The van der Waals surface area contributed by atoms with E-state index >= 15 is 0 Å². The van der Waals surface area contributed by atoms with E-state index in [-0.39, 0.29) is 12.6 Å². The molecule has 0 saturated heterocycles. The second-order valence-corrected chi connectivity index (χ2v) is 4.09. The smallest absolute Gasteiger partial charge is 0.328 e. The highest BCUT2D eigenvalue weighted by molar-refractivity contribution is 5.83. The van der Waals surface area contributed by atoms with Gasteiger partial charge in [0, 0.05) is 5.56 Å². The highest BCUT2D eigenvalue weighted by Crippen LogP contribution is 2.25. The van der Waals surface area contributed by atoms with Crippen molar-refractivity contribution >= 4 is 6.21 Å². The lowest BCUT2D eigenvalue weighted by atomic mass is 10.2. The van der Waals surface area contributed by atoms with Crippen molar-refractivity contribution < 1.29 is 19.0 Å². The zero-order valence-corrected chi connectivity index (χ0v) is 12.7. The Morgan fingerprint density at radius 1 is 1.17 bits per heavy atom. The molecule has 7 heteroatoms. The van der Waals surface area contributed by atoms with Gasteiger partial charge in [0.2, 0.25) is 11.8 Å². The quantitative estimate of drug-likeness (QED) is 0.338. The third kappa shape index (κ3) is 4.61. The molecule has 1 aromatic carbocycles. The summed E-state index contributed by atoms with van der Waals surface area (Å²) in [5.41, 5.74) is 0.676. The van der Waals surface area contributed by atoms with E-state index in [9.17, 15) is 0 Å². The molecule has 0 saturated carbocycles. The second kappa shape index (κ2) is 8.24. The molecular formula is C16H15N3O4. The predicted molar refractivity (Wildman–Crippen MR) is 84.0 cm³/mol. The van der Waals surface area contributed by atoms with Crippen molar-refractivity contribution in [1.29, 1.82) is 0 Å². The largest absolute Gasteiger partial charge is 0.481 e. The summed E-state index contributed by atoms with van der Waals surface area (Å²) < 4.78 is 15.8. The number of para-hydroxylation sites is 1. The lowest BCUT2D eigenvalue weighted by Gasteiger charge is -2.09. The third-order valence-corrected chi connectivity index (χ3v) is 2.61. The Kier molecular flexibility index (Phi) is 5.77. The molecule has 0 aliphatic carbocycles. The summed E-state index contributed by atoms with van der Waals surface area (Å²) in [6.45, 7) is 0.0930. The minimum atomic E-state index is 0.0894. The maximum Gasteiger partial charge on any atom is 0.328 e. The van der Waals surface area contributed by atoms with Gasteiger partial charge in [0.05, 0.1) is 26.5 Å². The van der Waals surface area contributed by atoms with E-state index in [1.807, 2.05) is 12.1 Å². The lowest BCUT2D eigenvalue weighted by Crippen LogP contribution is -1.99. The number of methoxy groups -OCH3 is 2. The molecule has 0 amide bonds. The van der Waals surface area contributed by atoms with E-state index < -0.39 is 0 Å². The number of ether oxygens (including phenoxy) is 3. The van der Waals surface area contributed by atoms with Crippen molar-refractivity contribution in [2.45, 2.75) is 0 Å². The van der Waals surface area contributed by atoms with Gasteiger partial charge >= 0.3 is 6.01 Å². The SMILES string of the molecule is C#CCO/N=C/c1ccccc1Oc1nc(OC)cc(OC)n1. The lowest BCUT2D eigenvalue weighted by molar-refractivity contribution is 0.181. The minimum Gasteiger partial charge on any atom is -0.481 e. The first-order valence-electron chi connectivity index (χ1n) is 6.59. The van der Waals surface area contributed by atoms with Gasteiger partial charge < -0.3 is 19.0 Å². The zero-order valence-electron chi connectivity index (χ0n) is 12.7. The second-order valence-electron chi connectivity index (χ2n) is 4.09. The van der Waals surface area contributed by atoms with Crippen molar-refractivity contribution in [3.8, 4) is 35.9 Å². The number of hydrogen-bond acceptors (Lipinski definition) is 7. The number of oxime groups is 1. The topological polar surface area (TPSA) is 75.1 Å². The summed E-state index contributed by atoms with van der Waals surface area (Å²) in [5.74, 6) is 3.47. The van der Waals surface area contributed by atoms with Crippen LogP contribution < -0.4 is 14.2 Å². The van der Waals surface area contributed by atoms with Crippen molar-refractivity contribution in [3.63, 3.8) is 0 Å². The van der Waals surface area contributed by atoms with Crippen molar-refractivity contribution in [1.82, 2.24) is 9.97 Å². The van der Waals surface area contributed by atoms with Gasteiger partial charge in [-0.05, 0) is 12.1 Å². The van der Waals surface area contributed by atoms with Crippen LogP contribution in [0.2, 0.25) is 0 Å². The predicted octanol–water partition coefficient (Wildman–Crippen LogP) is 2.27. The van der Waals surface area contributed by atoms with Gasteiger partial charge in [0.25, 0.3) is 0 Å². The molecule has 1 aromatic heterocycles. The molecule has 0 atom stereocenters. The first-order chi connectivity index (χ1) is 11.3. The minimum absolute atomic E-state index is 0.0894. The fourth-order valence-electron chi connectivity index (χ4n) is 1.59. The molecule has 23 heavy (non-hydrogen) atoms. The van der Waals surface area contributed by atoms with Gasteiger partial charge in [-0.25, -0.2) is 0 Å². The molecule has 0 radical (unpaired) electrons. The van der Waals surface area contributed by atoms with Gasteiger partial charge in [-0.15, -0.1) is 6.42 Å². The van der Waals surface area contributed by atoms with Crippen LogP contribution in [0.25, 0.3) is 0 Å². The van der Waals surface area contributed by atoms with E-state index in [0.717, 1.165) is 0 Å². The van der Waals surface area contributed by atoms with Gasteiger partial charge in [-0.3, -0.25) is 0 Å². The number of rotatable bonds is 7. The molecular weight excluding hydrogens is 298 g/mol. The Labute approximate surface area is 133 Å². The summed E-state index contributed by atoms with van der Waals surface area (Å²) in [4.78, 5) is 13.1. The molecule has 7 nitrogen and oxygen atoms in total. The number of terminal acetylenes is 1. The van der Waals surface area contributed by atoms with E-state index in [1.165, 1.54) is 20.4 Å². The van der Waals surface area contributed by atoms with Crippen LogP contribution in [-0.2, 0) is 4.84 Å². The van der Waals surface area contributed by atoms with Crippen LogP contribution in [0.4, 0.5) is 0 Å². The summed E-state index contributed by atoms with van der Waals surface area (Å²) in [5, 5.41) is 3.76. The molecule has 0 spiro atoms. The molecule has 0 bridgehead atoms. The molecule has 1 heterocycles. The van der Waals surface area contributed by atoms with Crippen LogP contribution in [0.5, 0.6) is 23.5 Å². The Hall–Kier alpha value is -3.27. The van der Waals surface area contributed by atoms with E-state index in [2.05, 4.69) is 21.0 Å². The summed E-state index contributed by atoms with van der Waals surface area (Å²) >= 11 is 0. The zero-order chi connectivity index (χ0) is 16.5. The summed E-state index contributed by atoms with van der Waals surface area (Å²) in [7, 11) is 2.99. The Morgan fingerprint density at radius 3 is 2.52 bits per heavy atom. The van der Waals surface area contributed by atoms with E-state index in [4.69, 9.17) is 25.5 Å². The highest BCUT2D eigenvalue weighted by Gasteiger charge is 2.09. The fraction of sp³-hybridized carbons (Fsp3) is 0.188. The number of hydrogen-bond donors (Lipinski definition) is 0. The fourth-order valence-corrected chi connectivity index (χ4v) is 1.59. The average Bonchev–Trinajstić information content (AvgIpc) is 2.59. The summed E-state index contributed by atoms with van der Waals surface area (Å²) in [6.07, 6.45) is 6.57.